The lowest BCUT2D eigenvalue weighted by Crippen LogP contribution is -2.34. The van der Waals surface area contributed by atoms with Gasteiger partial charge in [-0.1, -0.05) is 23.4 Å². The fourth-order valence-corrected chi connectivity index (χ4v) is 3.71. The zero-order chi connectivity index (χ0) is 14.7. The van der Waals surface area contributed by atoms with Gasteiger partial charge >= 0.3 is 0 Å². The summed E-state index contributed by atoms with van der Waals surface area (Å²) in [7, 11) is 1.68. The molecule has 0 spiro atoms. The van der Waals surface area contributed by atoms with Crippen LogP contribution in [-0.4, -0.2) is 34.8 Å². The topological polar surface area (TPSA) is 60.2 Å². The highest BCUT2D eigenvalue weighted by Gasteiger charge is 2.27. The zero-order valence-corrected chi connectivity index (χ0v) is 13.0. The predicted octanol–water partition coefficient (Wildman–Crippen LogP) is 2.57. The second-order valence-electron chi connectivity index (χ2n) is 5.07. The van der Waals surface area contributed by atoms with E-state index in [9.17, 15) is 0 Å². The number of benzene rings is 1. The van der Waals surface area contributed by atoms with E-state index >= 15 is 0 Å². The first-order chi connectivity index (χ1) is 10.3. The maximum absolute atomic E-state index is 5.49. The molecule has 2 unspecified atom stereocenters. The highest BCUT2D eigenvalue weighted by molar-refractivity contribution is 7.99. The highest BCUT2D eigenvalue weighted by atomic mass is 32.2. The Morgan fingerprint density at radius 2 is 2.29 bits per heavy atom. The third-order valence-corrected chi connectivity index (χ3v) is 4.75. The van der Waals surface area contributed by atoms with Gasteiger partial charge in [-0.2, -0.15) is 16.7 Å². The molecule has 2 aromatic rings. The predicted molar refractivity (Wildman–Crippen MR) is 82.7 cm³/mol. The van der Waals surface area contributed by atoms with Gasteiger partial charge in [0.25, 0.3) is 0 Å². The molecule has 1 aromatic heterocycles. The number of ether oxygens (including phenoxy) is 1. The van der Waals surface area contributed by atoms with Gasteiger partial charge in [0.15, 0.2) is 5.82 Å². The first-order valence-electron chi connectivity index (χ1n) is 7.05. The molecule has 2 heterocycles. The van der Waals surface area contributed by atoms with Crippen LogP contribution in [0.2, 0.25) is 0 Å². The summed E-state index contributed by atoms with van der Waals surface area (Å²) in [6, 6.07) is 8.32. The summed E-state index contributed by atoms with van der Waals surface area (Å²) in [5, 5.41) is 7.75. The summed E-state index contributed by atoms with van der Waals surface area (Å²) < 4.78 is 10.6. The number of hydrogen-bond acceptors (Lipinski definition) is 6. The van der Waals surface area contributed by atoms with Crippen molar-refractivity contribution in [3.05, 3.63) is 41.5 Å². The van der Waals surface area contributed by atoms with Crippen LogP contribution in [0, 0.1) is 6.92 Å². The van der Waals surface area contributed by atoms with E-state index < -0.39 is 0 Å². The summed E-state index contributed by atoms with van der Waals surface area (Å²) in [5.74, 6) is 4.38. The molecule has 0 saturated carbocycles. The number of thioether (sulfide) groups is 1. The Bertz CT molecular complexity index is 596. The molecule has 1 aromatic carbocycles. The molecular formula is C15H19N3O2S. The monoisotopic (exact) mass is 305 g/mol. The van der Waals surface area contributed by atoms with Gasteiger partial charge in [0.1, 0.15) is 11.8 Å². The number of aromatic nitrogens is 2. The van der Waals surface area contributed by atoms with Crippen molar-refractivity contribution in [1.82, 2.24) is 15.5 Å². The van der Waals surface area contributed by atoms with Crippen molar-refractivity contribution in [3.8, 4) is 5.75 Å². The average molecular weight is 305 g/mol. The molecule has 2 atom stereocenters. The second kappa shape index (κ2) is 6.49. The molecule has 1 aliphatic heterocycles. The van der Waals surface area contributed by atoms with E-state index in [-0.39, 0.29) is 6.04 Å². The molecule has 0 amide bonds. The third kappa shape index (κ3) is 3.22. The van der Waals surface area contributed by atoms with Crippen molar-refractivity contribution >= 4 is 11.8 Å². The number of nitrogens with one attached hydrogen (secondary N) is 1. The minimum absolute atomic E-state index is 0.109. The summed E-state index contributed by atoms with van der Waals surface area (Å²) in [5.41, 5.74) is 1.04. The largest absolute Gasteiger partial charge is 0.496 e. The number of nitrogens with zero attached hydrogens (tertiary/aromatic N) is 2. The molecule has 112 valence electrons. The van der Waals surface area contributed by atoms with Gasteiger partial charge in [-0.3, -0.25) is 5.32 Å². The Balaban J connectivity index is 1.94. The molecule has 0 radical (unpaired) electrons. The van der Waals surface area contributed by atoms with Gasteiger partial charge in [0.2, 0.25) is 5.89 Å². The molecule has 6 heteroatoms. The molecule has 0 bridgehead atoms. The highest BCUT2D eigenvalue weighted by Crippen LogP contribution is 2.30. The molecule has 1 aliphatic rings. The number of rotatable bonds is 5. The fourth-order valence-electron chi connectivity index (χ4n) is 2.54. The minimum Gasteiger partial charge on any atom is -0.496 e. The lowest BCUT2D eigenvalue weighted by molar-refractivity contribution is 0.372. The first kappa shape index (κ1) is 14.4. The van der Waals surface area contributed by atoms with Crippen molar-refractivity contribution in [2.45, 2.75) is 25.4 Å². The Hall–Kier alpha value is -1.53. The van der Waals surface area contributed by atoms with Crippen LogP contribution >= 0.6 is 11.8 Å². The second-order valence-corrected chi connectivity index (χ2v) is 6.22. The van der Waals surface area contributed by atoms with Crippen LogP contribution in [-0.2, 0) is 0 Å². The van der Waals surface area contributed by atoms with Gasteiger partial charge in [0, 0.05) is 24.3 Å². The summed E-state index contributed by atoms with van der Waals surface area (Å²) in [4.78, 5) is 4.40. The normalized spacial score (nSPS) is 19.6. The molecular weight excluding hydrogens is 286 g/mol. The average Bonchev–Trinajstić information content (AvgIpc) is 3.16. The quantitative estimate of drug-likeness (QED) is 0.916. The smallest absolute Gasteiger partial charge is 0.223 e. The number of aryl methyl sites for hydroxylation is 1. The Labute approximate surface area is 128 Å². The third-order valence-electron chi connectivity index (χ3n) is 3.58. The van der Waals surface area contributed by atoms with Gasteiger partial charge in [-0.05, 0) is 18.2 Å². The number of hydrogen-bond donors (Lipinski definition) is 1. The minimum atomic E-state index is -0.109. The van der Waals surface area contributed by atoms with Crippen molar-refractivity contribution in [2.24, 2.45) is 0 Å². The van der Waals surface area contributed by atoms with Crippen LogP contribution in [0.5, 0.6) is 5.75 Å². The van der Waals surface area contributed by atoms with E-state index in [1.54, 1.807) is 14.0 Å². The van der Waals surface area contributed by atoms with Crippen molar-refractivity contribution in [2.75, 3.05) is 18.6 Å². The molecule has 0 aliphatic carbocycles. The maximum Gasteiger partial charge on any atom is 0.223 e. The number of para-hydroxylation sites is 1. The Kier molecular flexibility index (Phi) is 4.45. The van der Waals surface area contributed by atoms with E-state index in [1.807, 2.05) is 36.0 Å². The lowest BCUT2D eigenvalue weighted by Gasteiger charge is -2.22. The molecule has 5 nitrogen and oxygen atoms in total. The van der Waals surface area contributed by atoms with Gasteiger partial charge < -0.3 is 9.26 Å². The van der Waals surface area contributed by atoms with Crippen molar-refractivity contribution in [1.29, 1.82) is 0 Å². The molecule has 1 fully saturated rings. The molecule has 3 rings (SSSR count). The van der Waals surface area contributed by atoms with E-state index in [1.165, 1.54) is 5.75 Å². The Morgan fingerprint density at radius 3 is 2.95 bits per heavy atom. The molecule has 1 saturated heterocycles. The van der Waals surface area contributed by atoms with Crippen molar-refractivity contribution < 1.29 is 9.26 Å². The van der Waals surface area contributed by atoms with Crippen LogP contribution < -0.4 is 10.1 Å². The van der Waals surface area contributed by atoms with E-state index in [4.69, 9.17) is 9.26 Å². The fraction of sp³-hybridized carbons (Fsp3) is 0.467. The van der Waals surface area contributed by atoms with Gasteiger partial charge in [0.05, 0.1) is 7.11 Å². The van der Waals surface area contributed by atoms with Crippen LogP contribution in [0.25, 0.3) is 0 Å². The van der Waals surface area contributed by atoms with E-state index in [0.717, 1.165) is 23.5 Å². The van der Waals surface area contributed by atoms with Crippen LogP contribution in [0.1, 0.15) is 29.7 Å². The maximum atomic E-state index is 5.49. The van der Waals surface area contributed by atoms with Crippen LogP contribution in [0.3, 0.4) is 0 Å². The Morgan fingerprint density at radius 1 is 1.43 bits per heavy atom. The van der Waals surface area contributed by atoms with Gasteiger partial charge in [-0.15, -0.1) is 0 Å². The standard InChI is InChI=1S/C15H19N3O2S/c1-10-16-15(18-20-10)14(17-11-7-8-21-9-11)12-5-3-4-6-13(12)19-2/h3-6,11,14,17H,7-9H2,1-2H3. The summed E-state index contributed by atoms with van der Waals surface area (Å²) in [6.07, 6.45) is 1.16. The van der Waals surface area contributed by atoms with E-state index in [0.29, 0.717) is 17.8 Å². The molecule has 21 heavy (non-hydrogen) atoms. The van der Waals surface area contributed by atoms with Crippen molar-refractivity contribution in [3.63, 3.8) is 0 Å². The lowest BCUT2D eigenvalue weighted by atomic mass is 10.0. The number of methoxy groups -OCH3 is 1. The SMILES string of the molecule is COc1ccccc1C(NC1CCSC1)c1noc(C)n1. The summed E-state index contributed by atoms with van der Waals surface area (Å²) >= 11 is 1.97. The van der Waals surface area contributed by atoms with Gasteiger partial charge in [-0.25, -0.2) is 0 Å². The zero-order valence-electron chi connectivity index (χ0n) is 12.2. The molecule has 1 N–H and O–H groups in total. The summed E-state index contributed by atoms with van der Waals surface area (Å²) in [6.45, 7) is 1.81. The van der Waals surface area contributed by atoms with Crippen LogP contribution in [0.15, 0.2) is 28.8 Å². The van der Waals surface area contributed by atoms with E-state index in [2.05, 4.69) is 15.5 Å². The first-order valence-corrected chi connectivity index (χ1v) is 8.20. The van der Waals surface area contributed by atoms with Crippen LogP contribution in [0.4, 0.5) is 0 Å².